The summed E-state index contributed by atoms with van der Waals surface area (Å²) in [5, 5.41) is 8.78. The first kappa shape index (κ1) is 17.6. The van der Waals surface area contributed by atoms with Crippen LogP contribution in [0.1, 0.15) is 16.2 Å². The second kappa shape index (κ2) is 6.28. The molecule has 9 heteroatoms. The highest BCUT2D eigenvalue weighted by molar-refractivity contribution is 6.32. The van der Waals surface area contributed by atoms with E-state index in [0.29, 0.717) is 16.7 Å². The van der Waals surface area contributed by atoms with E-state index in [1.165, 1.54) is 34.9 Å². The predicted molar refractivity (Wildman–Crippen MR) is 87.7 cm³/mol. The van der Waals surface area contributed by atoms with E-state index >= 15 is 0 Å². The van der Waals surface area contributed by atoms with Crippen molar-refractivity contribution in [2.45, 2.75) is 6.36 Å². The zero-order chi connectivity index (χ0) is 19.1. The Balaban J connectivity index is 2.14. The van der Waals surface area contributed by atoms with Gasteiger partial charge in [0.15, 0.2) is 5.82 Å². The number of alkyl halides is 3. The molecule has 0 aliphatic carbocycles. The molecule has 1 aromatic heterocycles. The number of halogens is 4. The molecule has 0 atom stereocenters. The van der Waals surface area contributed by atoms with Crippen LogP contribution >= 0.6 is 11.6 Å². The number of ether oxygens (including phenoxy) is 1. The van der Waals surface area contributed by atoms with Crippen molar-refractivity contribution in [1.82, 2.24) is 9.55 Å². The van der Waals surface area contributed by atoms with Crippen molar-refractivity contribution in [3.63, 3.8) is 0 Å². The minimum atomic E-state index is -4.87. The lowest BCUT2D eigenvalue weighted by Crippen LogP contribution is -2.17. The third-order valence-electron chi connectivity index (χ3n) is 3.43. The zero-order valence-corrected chi connectivity index (χ0v) is 13.5. The molecular formula is C17H8ClF3N2O3. The summed E-state index contributed by atoms with van der Waals surface area (Å²) < 4.78 is 42.4. The third-order valence-corrected chi connectivity index (χ3v) is 3.73. The van der Waals surface area contributed by atoms with Gasteiger partial charge in [-0.15, -0.1) is 19.6 Å². The van der Waals surface area contributed by atoms with Gasteiger partial charge >= 0.3 is 12.3 Å². The van der Waals surface area contributed by atoms with Crippen LogP contribution in [0.2, 0.25) is 5.02 Å². The SMILES string of the molecule is C#Cc1nc2cc(C(=O)O)ccc2n1-c1ccc(OC(F)(F)F)c(Cl)c1. The van der Waals surface area contributed by atoms with Crippen molar-refractivity contribution in [2.75, 3.05) is 0 Å². The Kier molecular flexibility index (Phi) is 4.26. The van der Waals surface area contributed by atoms with Gasteiger partial charge in [0.25, 0.3) is 0 Å². The van der Waals surface area contributed by atoms with Gasteiger partial charge in [-0.2, -0.15) is 0 Å². The maximum absolute atomic E-state index is 12.4. The molecule has 2 aromatic carbocycles. The van der Waals surface area contributed by atoms with Crippen LogP contribution in [0.4, 0.5) is 13.2 Å². The molecule has 3 aromatic rings. The number of carboxylic acid groups (broad SMARTS) is 1. The number of fused-ring (bicyclic) bond motifs is 1. The molecule has 0 aliphatic heterocycles. The van der Waals surface area contributed by atoms with Gasteiger partial charge in [-0.1, -0.05) is 11.6 Å². The Morgan fingerprint density at radius 1 is 1.27 bits per heavy atom. The minimum absolute atomic E-state index is 0.0256. The molecule has 0 spiro atoms. The molecule has 3 rings (SSSR count). The number of benzene rings is 2. The first-order valence-electron chi connectivity index (χ1n) is 6.97. The summed E-state index contributed by atoms with van der Waals surface area (Å²) in [7, 11) is 0. The van der Waals surface area contributed by atoms with Crippen LogP contribution in [0, 0.1) is 12.3 Å². The number of carboxylic acids is 1. The highest BCUT2D eigenvalue weighted by atomic mass is 35.5. The van der Waals surface area contributed by atoms with E-state index < -0.39 is 18.1 Å². The molecule has 0 radical (unpaired) electrons. The smallest absolute Gasteiger partial charge is 0.478 e. The summed E-state index contributed by atoms with van der Waals surface area (Å²) in [4.78, 5) is 15.2. The molecule has 26 heavy (non-hydrogen) atoms. The van der Waals surface area contributed by atoms with Crippen LogP contribution in [0.15, 0.2) is 36.4 Å². The lowest BCUT2D eigenvalue weighted by atomic mass is 10.2. The summed E-state index contributed by atoms with van der Waals surface area (Å²) in [6, 6.07) is 7.85. The summed E-state index contributed by atoms with van der Waals surface area (Å²) in [6.07, 6.45) is 0.574. The van der Waals surface area contributed by atoms with Gasteiger partial charge in [-0.05, 0) is 42.3 Å². The highest BCUT2D eigenvalue weighted by Gasteiger charge is 2.32. The normalized spacial score (nSPS) is 11.3. The molecule has 1 N–H and O–H groups in total. The molecular weight excluding hydrogens is 373 g/mol. The average Bonchev–Trinajstić information content (AvgIpc) is 2.93. The lowest BCUT2D eigenvalue weighted by molar-refractivity contribution is -0.274. The third kappa shape index (κ3) is 3.30. The van der Waals surface area contributed by atoms with E-state index in [9.17, 15) is 18.0 Å². The van der Waals surface area contributed by atoms with Gasteiger partial charge in [-0.3, -0.25) is 4.57 Å². The Morgan fingerprint density at radius 3 is 2.58 bits per heavy atom. The van der Waals surface area contributed by atoms with E-state index in [-0.39, 0.29) is 16.4 Å². The van der Waals surface area contributed by atoms with Crippen molar-refractivity contribution < 1.29 is 27.8 Å². The molecule has 0 saturated heterocycles. The Morgan fingerprint density at radius 2 is 2.00 bits per heavy atom. The monoisotopic (exact) mass is 380 g/mol. The number of nitrogens with zero attached hydrogens (tertiary/aromatic N) is 2. The Bertz CT molecular complexity index is 1070. The van der Waals surface area contributed by atoms with E-state index in [0.717, 1.165) is 6.07 Å². The number of hydrogen-bond donors (Lipinski definition) is 1. The molecule has 0 amide bonds. The molecule has 0 fully saturated rings. The van der Waals surface area contributed by atoms with Crippen LogP contribution < -0.4 is 4.74 Å². The summed E-state index contributed by atoms with van der Waals surface area (Å²) in [5.74, 6) is 0.819. The fourth-order valence-corrected chi connectivity index (χ4v) is 2.62. The van der Waals surface area contributed by atoms with Gasteiger partial charge < -0.3 is 9.84 Å². The van der Waals surface area contributed by atoms with Crippen LogP contribution in [0.25, 0.3) is 16.7 Å². The van der Waals surface area contributed by atoms with Gasteiger partial charge in [0.2, 0.25) is 0 Å². The van der Waals surface area contributed by atoms with Crippen molar-refractivity contribution in [1.29, 1.82) is 0 Å². The largest absolute Gasteiger partial charge is 0.573 e. The number of imidazole rings is 1. The van der Waals surface area contributed by atoms with Crippen molar-refractivity contribution in [3.05, 3.63) is 52.8 Å². The number of terminal acetylenes is 1. The first-order chi connectivity index (χ1) is 12.2. The summed E-state index contributed by atoms with van der Waals surface area (Å²) >= 11 is 5.88. The van der Waals surface area contributed by atoms with Crippen LogP contribution in [0.5, 0.6) is 5.75 Å². The molecule has 5 nitrogen and oxygen atoms in total. The van der Waals surface area contributed by atoms with Gasteiger partial charge in [0.1, 0.15) is 5.75 Å². The van der Waals surface area contributed by atoms with Gasteiger partial charge in [-0.25, -0.2) is 9.78 Å². The molecule has 0 unspecified atom stereocenters. The van der Waals surface area contributed by atoms with E-state index in [1.807, 2.05) is 0 Å². The van der Waals surface area contributed by atoms with E-state index in [4.69, 9.17) is 23.1 Å². The van der Waals surface area contributed by atoms with Crippen LogP contribution in [-0.4, -0.2) is 27.0 Å². The van der Waals surface area contributed by atoms with Crippen molar-refractivity contribution in [2.24, 2.45) is 0 Å². The lowest BCUT2D eigenvalue weighted by Gasteiger charge is -2.12. The van der Waals surface area contributed by atoms with Crippen molar-refractivity contribution >= 4 is 28.6 Å². The standard InChI is InChI=1S/C17H8ClF3N2O3/c1-2-15-22-12-7-9(16(24)25)3-5-13(12)23(15)10-4-6-14(11(18)8-10)26-17(19,20)21/h1,3-8H,(H,24,25). The molecule has 0 bridgehead atoms. The van der Waals surface area contributed by atoms with Crippen LogP contribution in [-0.2, 0) is 0 Å². The van der Waals surface area contributed by atoms with E-state index in [2.05, 4.69) is 15.6 Å². The second-order valence-electron chi connectivity index (χ2n) is 5.09. The fraction of sp³-hybridized carbons (Fsp3) is 0.0588. The highest BCUT2D eigenvalue weighted by Crippen LogP contribution is 2.33. The topological polar surface area (TPSA) is 64.3 Å². The number of aromatic carboxylic acids is 1. The summed E-state index contributed by atoms with van der Waals surface area (Å²) in [6.45, 7) is 0. The molecule has 132 valence electrons. The summed E-state index contributed by atoms with van der Waals surface area (Å²) in [5.41, 5.74) is 1.17. The maximum atomic E-state index is 12.4. The zero-order valence-electron chi connectivity index (χ0n) is 12.7. The number of hydrogen-bond acceptors (Lipinski definition) is 3. The molecule has 0 saturated carbocycles. The quantitative estimate of drug-likeness (QED) is 0.690. The van der Waals surface area contributed by atoms with Crippen molar-refractivity contribution in [3.8, 4) is 23.8 Å². The van der Waals surface area contributed by atoms with Gasteiger partial charge in [0, 0.05) is 0 Å². The average molecular weight is 381 g/mol. The van der Waals surface area contributed by atoms with E-state index in [1.54, 1.807) is 0 Å². The Hall–Kier alpha value is -3.18. The fourth-order valence-electron chi connectivity index (χ4n) is 2.41. The van der Waals surface area contributed by atoms with Crippen LogP contribution in [0.3, 0.4) is 0 Å². The molecule has 0 aliphatic rings. The Labute approximate surface area is 149 Å². The predicted octanol–water partition coefficient (Wildman–Crippen LogP) is 4.26. The maximum Gasteiger partial charge on any atom is 0.573 e. The minimum Gasteiger partial charge on any atom is -0.478 e. The number of rotatable bonds is 3. The second-order valence-corrected chi connectivity index (χ2v) is 5.49. The number of carbonyl (C=O) groups is 1. The first-order valence-corrected chi connectivity index (χ1v) is 7.35. The number of aromatic nitrogens is 2. The molecule has 1 heterocycles. The van der Waals surface area contributed by atoms with Gasteiger partial charge in [0.05, 0.1) is 27.3 Å².